The summed E-state index contributed by atoms with van der Waals surface area (Å²) >= 11 is 0. The van der Waals surface area contributed by atoms with Gasteiger partial charge in [-0.3, -0.25) is 14.5 Å². The zero-order chi connectivity index (χ0) is 22.7. The van der Waals surface area contributed by atoms with E-state index in [4.69, 9.17) is 0 Å². The van der Waals surface area contributed by atoms with Crippen LogP contribution >= 0.6 is 0 Å². The summed E-state index contributed by atoms with van der Waals surface area (Å²) < 4.78 is 25.3. The Morgan fingerprint density at radius 3 is 2.44 bits per heavy atom. The van der Waals surface area contributed by atoms with Crippen molar-refractivity contribution in [2.45, 2.75) is 38.6 Å². The molecule has 4 rings (SSSR count). The first-order valence-electron chi connectivity index (χ1n) is 11.1. The lowest BCUT2D eigenvalue weighted by Crippen LogP contribution is -2.40. The van der Waals surface area contributed by atoms with Crippen molar-refractivity contribution in [1.82, 2.24) is 10.2 Å². The third-order valence-electron chi connectivity index (χ3n) is 6.17. The molecule has 1 unspecified atom stereocenters. The van der Waals surface area contributed by atoms with Gasteiger partial charge in [-0.25, -0.2) is 12.7 Å². The van der Waals surface area contributed by atoms with E-state index >= 15 is 0 Å². The van der Waals surface area contributed by atoms with Gasteiger partial charge in [-0.2, -0.15) is 0 Å². The van der Waals surface area contributed by atoms with Crippen molar-refractivity contribution >= 4 is 27.5 Å². The molecule has 8 heteroatoms. The van der Waals surface area contributed by atoms with Crippen LogP contribution in [0.25, 0.3) is 0 Å². The first-order valence-corrected chi connectivity index (χ1v) is 12.7. The van der Waals surface area contributed by atoms with Gasteiger partial charge in [0.1, 0.15) is 0 Å². The van der Waals surface area contributed by atoms with Crippen molar-refractivity contribution in [2.24, 2.45) is 0 Å². The van der Waals surface area contributed by atoms with Crippen molar-refractivity contribution in [1.29, 1.82) is 0 Å². The molecule has 7 nitrogen and oxygen atoms in total. The summed E-state index contributed by atoms with van der Waals surface area (Å²) in [4.78, 5) is 27.4. The molecule has 0 spiro atoms. The van der Waals surface area contributed by atoms with E-state index in [-0.39, 0.29) is 29.8 Å². The number of piperidine rings is 1. The number of aryl methyl sites for hydroxylation is 1. The highest BCUT2D eigenvalue weighted by molar-refractivity contribution is 7.94. The van der Waals surface area contributed by atoms with E-state index in [1.807, 2.05) is 0 Å². The Hall–Kier alpha value is -2.71. The molecule has 2 aliphatic heterocycles. The van der Waals surface area contributed by atoms with Crippen molar-refractivity contribution in [3.8, 4) is 0 Å². The molecule has 2 aromatic rings. The Labute approximate surface area is 189 Å². The lowest BCUT2D eigenvalue weighted by molar-refractivity contribution is -0.116. The first kappa shape index (κ1) is 22.5. The molecule has 2 fully saturated rings. The van der Waals surface area contributed by atoms with Crippen LogP contribution in [0.5, 0.6) is 0 Å². The fourth-order valence-corrected chi connectivity index (χ4v) is 5.86. The normalized spacial score (nSPS) is 19.7. The maximum Gasteiger partial charge on any atom is 0.251 e. The summed E-state index contributed by atoms with van der Waals surface area (Å²) in [7, 11) is -3.67. The van der Waals surface area contributed by atoms with Crippen LogP contribution in [-0.4, -0.2) is 50.5 Å². The van der Waals surface area contributed by atoms with Crippen molar-refractivity contribution < 1.29 is 18.0 Å². The molecular formula is C24H29N3O4S. The molecule has 1 atom stereocenters. The van der Waals surface area contributed by atoms with Crippen molar-refractivity contribution in [2.75, 3.05) is 29.7 Å². The summed E-state index contributed by atoms with van der Waals surface area (Å²) in [5.41, 5.74) is 2.91. The average molecular weight is 456 g/mol. The SMILES string of the molecule is Cc1ccc(C(CNC(=O)c2cccc(N3C(=O)CCS3(=O)=O)c2)N2CCCCC2)cc1. The van der Waals surface area contributed by atoms with E-state index in [2.05, 4.69) is 41.4 Å². The molecule has 2 aromatic carbocycles. The molecule has 0 aromatic heterocycles. The van der Waals surface area contributed by atoms with E-state index < -0.39 is 15.9 Å². The Balaban J connectivity index is 1.51. The Morgan fingerprint density at radius 2 is 1.78 bits per heavy atom. The number of anilines is 1. The number of nitrogens with zero attached hydrogens (tertiary/aromatic N) is 2. The number of carbonyl (C=O) groups excluding carboxylic acids is 2. The van der Waals surface area contributed by atoms with E-state index in [0.717, 1.165) is 30.2 Å². The minimum Gasteiger partial charge on any atom is -0.350 e. The molecule has 1 N–H and O–H groups in total. The summed E-state index contributed by atoms with van der Waals surface area (Å²) in [5.74, 6) is -0.951. The molecule has 32 heavy (non-hydrogen) atoms. The molecule has 2 heterocycles. The predicted molar refractivity (Wildman–Crippen MR) is 124 cm³/mol. The molecule has 0 bridgehead atoms. The Bertz CT molecular complexity index is 1090. The number of nitrogens with one attached hydrogen (secondary N) is 1. The highest BCUT2D eigenvalue weighted by atomic mass is 32.2. The monoisotopic (exact) mass is 455 g/mol. The molecule has 170 valence electrons. The van der Waals surface area contributed by atoms with Crippen LogP contribution in [0.1, 0.15) is 53.2 Å². The maximum atomic E-state index is 12.9. The number of sulfonamides is 1. The van der Waals surface area contributed by atoms with Crippen LogP contribution in [0, 0.1) is 6.92 Å². The van der Waals surface area contributed by atoms with Gasteiger partial charge in [-0.15, -0.1) is 0 Å². The fraction of sp³-hybridized carbons (Fsp3) is 0.417. The largest absolute Gasteiger partial charge is 0.350 e. The summed E-state index contributed by atoms with van der Waals surface area (Å²) in [6, 6.07) is 14.7. The Morgan fingerprint density at radius 1 is 1.06 bits per heavy atom. The van der Waals surface area contributed by atoms with Gasteiger partial charge in [0, 0.05) is 18.5 Å². The number of carbonyl (C=O) groups is 2. The molecule has 0 saturated carbocycles. The summed E-state index contributed by atoms with van der Waals surface area (Å²) in [6.45, 7) is 4.50. The molecule has 2 saturated heterocycles. The molecule has 0 radical (unpaired) electrons. The van der Waals surface area contributed by atoms with E-state index in [1.165, 1.54) is 23.6 Å². The third kappa shape index (κ3) is 4.86. The van der Waals surface area contributed by atoms with Gasteiger partial charge in [0.15, 0.2) is 0 Å². The number of amides is 2. The lowest BCUT2D eigenvalue weighted by atomic mass is 10.0. The number of hydrogen-bond donors (Lipinski definition) is 1. The predicted octanol–water partition coefficient (Wildman–Crippen LogP) is 3.02. The van der Waals surface area contributed by atoms with Gasteiger partial charge >= 0.3 is 0 Å². The smallest absolute Gasteiger partial charge is 0.251 e. The van der Waals surface area contributed by atoms with Gasteiger partial charge in [-0.05, 0) is 56.6 Å². The minimum absolute atomic E-state index is 0.0349. The van der Waals surface area contributed by atoms with Gasteiger partial charge in [0.25, 0.3) is 5.91 Å². The lowest BCUT2D eigenvalue weighted by Gasteiger charge is -2.35. The number of likely N-dealkylation sites (tertiary alicyclic amines) is 1. The third-order valence-corrected chi connectivity index (χ3v) is 7.86. The summed E-state index contributed by atoms with van der Waals surface area (Å²) in [5, 5.41) is 3.03. The topological polar surface area (TPSA) is 86.8 Å². The van der Waals surface area contributed by atoms with Crippen molar-refractivity contribution in [3.63, 3.8) is 0 Å². The van der Waals surface area contributed by atoms with Gasteiger partial charge < -0.3 is 5.32 Å². The van der Waals surface area contributed by atoms with Crippen LogP contribution in [0.3, 0.4) is 0 Å². The van der Waals surface area contributed by atoms with Crippen LogP contribution in [0.2, 0.25) is 0 Å². The maximum absolute atomic E-state index is 12.9. The van der Waals surface area contributed by atoms with E-state index in [1.54, 1.807) is 18.2 Å². The molecule has 2 amide bonds. The number of rotatable bonds is 6. The van der Waals surface area contributed by atoms with Gasteiger partial charge in [-0.1, -0.05) is 42.3 Å². The zero-order valence-electron chi connectivity index (χ0n) is 18.3. The zero-order valence-corrected chi connectivity index (χ0v) is 19.1. The highest BCUT2D eigenvalue weighted by Gasteiger charge is 2.36. The minimum atomic E-state index is -3.67. The van der Waals surface area contributed by atoms with Crippen LogP contribution in [0.15, 0.2) is 48.5 Å². The van der Waals surface area contributed by atoms with Crippen molar-refractivity contribution in [3.05, 3.63) is 65.2 Å². The van der Waals surface area contributed by atoms with E-state index in [0.29, 0.717) is 12.1 Å². The van der Waals surface area contributed by atoms with Crippen LogP contribution in [-0.2, 0) is 14.8 Å². The standard InChI is InChI=1S/C24H29N3O4S/c1-18-8-10-19(11-9-18)22(26-13-3-2-4-14-26)17-25-24(29)20-6-5-7-21(16-20)27-23(28)12-15-32(27,30)31/h5-11,16,22H,2-4,12-15,17H2,1H3,(H,25,29). The van der Waals surface area contributed by atoms with Gasteiger partial charge in [0.05, 0.1) is 17.5 Å². The fourth-order valence-electron chi connectivity index (χ4n) is 4.41. The highest BCUT2D eigenvalue weighted by Crippen LogP contribution is 2.27. The Kier molecular flexibility index (Phi) is 6.62. The van der Waals surface area contributed by atoms with Crippen LogP contribution < -0.4 is 9.62 Å². The van der Waals surface area contributed by atoms with Gasteiger partial charge in [0.2, 0.25) is 15.9 Å². The number of hydrogen-bond acceptors (Lipinski definition) is 5. The quantitative estimate of drug-likeness (QED) is 0.724. The molecular weight excluding hydrogens is 426 g/mol. The second-order valence-corrected chi connectivity index (χ2v) is 10.4. The van der Waals surface area contributed by atoms with E-state index in [9.17, 15) is 18.0 Å². The molecule has 0 aliphatic carbocycles. The summed E-state index contributed by atoms with van der Waals surface area (Å²) in [6.07, 6.45) is 3.49. The number of benzene rings is 2. The second kappa shape index (κ2) is 9.42. The van der Waals surface area contributed by atoms with Crippen LogP contribution in [0.4, 0.5) is 5.69 Å². The average Bonchev–Trinajstić information content (AvgIpc) is 3.07. The first-order chi connectivity index (χ1) is 15.3. The second-order valence-electron chi connectivity index (χ2n) is 8.51. The molecule has 2 aliphatic rings.